The molecule has 0 saturated carbocycles. The van der Waals surface area contributed by atoms with Gasteiger partial charge in [0.1, 0.15) is 6.61 Å². The van der Waals surface area contributed by atoms with Gasteiger partial charge in [0.2, 0.25) is 5.91 Å². The Balaban J connectivity index is 2.65. The number of nitrogens with one attached hydrogen (secondary N) is 1. The maximum Gasteiger partial charge on any atom is 0.250 e. The Morgan fingerprint density at radius 3 is 2.76 bits per heavy atom. The average Bonchev–Trinajstić information content (AvgIpc) is 2.24. The Morgan fingerprint density at radius 2 is 2.18 bits per heavy atom. The minimum Gasteiger partial charge on any atom is -0.370 e. The number of aryl methyl sites for hydroxylation is 2. The molecule has 0 unspecified atom stereocenters. The predicted octanol–water partition coefficient (Wildman–Crippen LogP) is 1.98. The summed E-state index contributed by atoms with van der Waals surface area (Å²) in [4.78, 5) is 11.6. The molecule has 94 valence electrons. The van der Waals surface area contributed by atoms with E-state index in [1.165, 1.54) is 0 Å². The zero-order chi connectivity index (χ0) is 12.8. The van der Waals surface area contributed by atoms with Crippen LogP contribution in [0.2, 0.25) is 0 Å². The van der Waals surface area contributed by atoms with Gasteiger partial charge in [-0.3, -0.25) is 4.79 Å². The van der Waals surface area contributed by atoms with Crippen LogP contribution < -0.4 is 11.1 Å². The molecule has 0 radical (unpaired) electrons. The number of amides is 1. The molecule has 0 atom stereocenters. The van der Waals surface area contributed by atoms with Crippen LogP contribution >= 0.6 is 15.9 Å². The molecule has 3 N–H and O–H groups in total. The molecule has 0 aliphatic carbocycles. The zero-order valence-electron chi connectivity index (χ0n) is 10.0. The number of hydrogen-bond donors (Lipinski definition) is 2. The van der Waals surface area contributed by atoms with Gasteiger partial charge in [0.25, 0.3) is 0 Å². The fraction of sp³-hybridized carbons (Fsp3) is 0.417. The molecule has 4 nitrogen and oxygen atoms in total. The second kappa shape index (κ2) is 6.74. The maximum absolute atomic E-state index is 11.6. The van der Waals surface area contributed by atoms with E-state index in [4.69, 9.17) is 10.5 Å². The molecule has 0 heterocycles. The number of benzene rings is 1. The lowest BCUT2D eigenvalue weighted by Gasteiger charge is -2.11. The minimum absolute atomic E-state index is 0.0248. The highest BCUT2D eigenvalue weighted by atomic mass is 79.9. The van der Waals surface area contributed by atoms with Crippen LogP contribution in [0.25, 0.3) is 0 Å². The molecule has 1 aromatic rings. The van der Waals surface area contributed by atoms with Crippen LogP contribution in [-0.2, 0) is 9.53 Å². The third-order valence-corrected chi connectivity index (χ3v) is 2.82. The van der Waals surface area contributed by atoms with Crippen LogP contribution in [0.5, 0.6) is 0 Å². The fourth-order valence-electron chi connectivity index (χ4n) is 1.50. The van der Waals surface area contributed by atoms with Gasteiger partial charge in [-0.15, -0.1) is 0 Å². The van der Waals surface area contributed by atoms with E-state index in [0.29, 0.717) is 13.2 Å². The van der Waals surface area contributed by atoms with Crippen molar-refractivity contribution in [3.63, 3.8) is 0 Å². The van der Waals surface area contributed by atoms with Gasteiger partial charge in [-0.25, -0.2) is 0 Å². The molecular weight excluding hydrogens is 284 g/mol. The van der Waals surface area contributed by atoms with E-state index >= 15 is 0 Å². The van der Waals surface area contributed by atoms with Gasteiger partial charge in [-0.05, 0) is 47.0 Å². The van der Waals surface area contributed by atoms with E-state index in [-0.39, 0.29) is 12.5 Å². The maximum atomic E-state index is 11.6. The van der Waals surface area contributed by atoms with E-state index in [0.717, 1.165) is 21.3 Å². The molecule has 1 amide bonds. The third-order valence-electron chi connectivity index (χ3n) is 2.19. The van der Waals surface area contributed by atoms with Crippen LogP contribution in [0.15, 0.2) is 16.6 Å². The number of ether oxygens (including phenoxy) is 1. The average molecular weight is 301 g/mol. The van der Waals surface area contributed by atoms with Gasteiger partial charge in [0.15, 0.2) is 0 Å². The SMILES string of the molecule is Cc1cc(C)c(NC(=O)COCCN)c(Br)c1. The van der Waals surface area contributed by atoms with Crippen molar-refractivity contribution in [2.75, 3.05) is 25.1 Å². The second-order valence-electron chi connectivity index (χ2n) is 3.83. The molecule has 0 aliphatic rings. The first kappa shape index (κ1) is 14.2. The highest BCUT2D eigenvalue weighted by Crippen LogP contribution is 2.27. The molecule has 0 aliphatic heterocycles. The van der Waals surface area contributed by atoms with Gasteiger partial charge in [0.05, 0.1) is 12.3 Å². The summed E-state index contributed by atoms with van der Waals surface area (Å²) in [5.74, 6) is -0.175. The molecule has 1 aromatic carbocycles. The Morgan fingerprint density at radius 1 is 1.47 bits per heavy atom. The van der Waals surface area contributed by atoms with Crippen LogP contribution in [0.4, 0.5) is 5.69 Å². The molecule has 0 spiro atoms. The highest BCUT2D eigenvalue weighted by molar-refractivity contribution is 9.10. The lowest BCUT2D eigenvalue weighted by atomic mass is 10.1. The third kappa shape index (κ3) is 4.46. The van der Waals surface area contributed by atoms with Crippen LogP contribution in [0.3, 0.4) is 0 Å². The van der Waals surface area contributed by atoms with E-state index in [1.54, 1.807) is 0 Å². The smallest absolute Gasteiger partial charge is 0.250 e. The zero-order valence-corrected chi connectivity index (χ0v) is 11.6. The van der Waals surface area contributed by atoms with Gasteiger partial charge in [0, 0.05) is 11.0 Å². The van der Waals surface area contributed by atoms with E-state index in [2.05, 4.69) is 21.2 Å². The Bertz CT molecular complexity index is 384. The van der Waals surface area contributed by atoms with E-state index < -0.39 is 0 Å². The normalized spacial score (nSPS) is 10.4. The van der Waals surface area contributed by atoms with Gasteiger partial charge in [-0.1, -0.05) is 6.07 Å². The van der Waals surface area contributed by atoms with Crippen molar-refractivity contribution in [2.24, 2.45) is 5.73 Å². The molecule has 0 saturated heterocycles. The number of carbonyl (C=O) groups is 1. The Labute approximate surface area is 110 Å². The quantitative estimate of drug-likeness (QED) is 0.817. The molecule has 5 heteroatoms. The summed E-state index contributed by atoms with van der Waals surface area (Å²) < 4.78 is 5.94. The van der Waals surface area contributed by atoms with Crippen molar-refractivity contribution in [1.29, 1.82) is 0 Å². The first-order valence-electron chi connectivity index (χ1n) is 5.39. The molecule has 0 bridgehead atoms. The monoisotopic (exact) mass is 300 g/mol. The first-order chi connectivity index (χ1) is 8.04. The van der Waals surface area contributed by atoms with E-state index in [9.17, 15) is 4.79 Å². The number of rotatable bonds is 5. The van der Waals surface area contributed by atoms with Crippen molar-refractivity contribution in [3.8, 4) is 0 Å². The summed E-state index contributed by atoms with van der Waals surface area (Å²) in [6.45, 7) is 4.79. The molecule has 17 heavy (non-hydrogen) atoms. The van der Waals surface area contributed by atoms with E-state index in [1.807, 2.05) is 26.0 Å². The molecule has 0 aromatic heterocycles. The minimum atomic E-state index is -0.175. The summed E-state index contributed by atoms with van der Waals surface area (Å²) in [6.07, 6.45) is 0. The van der Waals surface area contributed by atoms with Crippen molar-refractivity contribution < 1.29 is 9.53 Å². The number of halogens is 1. The number of hydrogen-bond acceptors (Lipinski definition) is 3. The number of anilines is 1. The van der Waals surface area contributed by atoms with Gasteiger partial charge in [-0.2, -0.15) is 0 Å². The fourth-order valence-corrected chi connectivity index (χ4v) is 2.27. The summed E-state index contributed by atoms with van der Waals surface area (Å²) in [5.41, 5.74) is 8.22. The largest absolute Gasteiger partial charge is 0.370 e. The van der Waals surface area contributed by atoms with Crippen molar-refractivity contribution >= 4 is 27.5 Å². The van der Waals surface area contributed by atoms with Crippen molar-refractivity contribution in [2.45, 2.75) is 13.8 Å². The molecular formula is C12H17BrN2O2. The predicted molar refractivity (Wildman–Crippen MR) is 72.1 cm³/mol. The summed E-state index contributed by atoms with van der Waals surface area (Å²) >= 11 is 3.43. The lowest BCUT2D eigenvalue weighted by molar-refractivity contribution is -0.120. The standard InChI is InChI=1S/C12H17BrN2O2/c1-8-5-9(2)12(10(13)6-8)15-11(16)7-17-4-3-14/h5-6H,3-4,7,14H2,1-2H3,(H,15,16). The van der Waals surface area contributed by atoms with Crippen LogP contribution in [0, 0.1) is 13.8 Å². The highest BCUT2D eigenvalue weighted by Gasteiger charge is 2.08. The summed E-state index contributed by atoms with van der Waals surface area (Å²) in [7, 11) is 0. The topological polar surface area (TPSA) is 64.3 Å². The summed E-state index contributed by atoms with van der Waals surface area (Å²) in [6, 6.07) is 3.98. The number of carbonyl (C=O) groups excluding carboxylic acids is 1. The van der Waals surface area contributed by atoms with Crippen LogP contribution in [-0.4, -0.2) is 25.7 Å². The first-order valence-corrected chi connectivity index (χ1v) is 6.18. The summed E-state index contributed by atoms with van der Waals surface area (Å²) in [5, 5.41) is 2.81. The number of nitrogens with two attached hydrogens (primary N) is 1. The lowest BCUT2D eigenvalue weighted by Crippen LogP contribution is -2.21. The Kier molecular flexibility index (Phi) is 5.61. The Hall–Kier alpha value is -0.910. The van der Waals surface area contributed by atoms with Gasteiger partial charge < -0.3 is 15.8 Å². The second-order valence-corrected chi connectivity index (χ2v) is 4.68. The van der Waals surface area contributed by atoms with Crippen molar-refractivity contribution in [3.05, 3.63) is 27.7 Å². The molecule has 0 fully saturated rings. The molecule has 1 rings (SSSR count). The van der Waals surface area contributed by atoms with Gasteiger partial charge >= 0.3 is 0 Å². The van der Waals surface area contributed by atoms with Crippen LogP contribution in [0.1, 0.15) is 11.1 Å². The van der Waals surface area contributed by atoms with Crippen molar-refractivity contribution in [1.82, 2.24) is 0 Å².